The van der Waals surface area contributed by atoms with E-state index in [1.54, 1.807) is 13.0 Å². The quantitative estimate of drug-likeness (QED) is 0.858. The number of amides is 1. The van der Waals surface area contributed by atoms with Crippen LogP contribution in [0.25, 0.3) is 0 Å². The predicted octanol–water partition coefficient (Wildman–Crippen LogP) is 2.45. The molecule has 0 radical (unpaired) electrons. The molecule has 1 heterocycles. The van der Waals surface area contributed by atoms with Gasteiger partial charge in [0, 0.05) is 6.54 Å². The summed E-state index contributed by atoms with van der Waals surface area (Å²) in [5.74, 6) is -0.292. The Kier molecular flexibility index (Phi) is 4.77. The molecule has 1 amide bonds. The maximum atomic E-state index is 11.9. The largest absolute Gasteiger partial charge is 0.454 e. The number of rotatable bonds is 5. The fourth-order valence-corrected chi connectivity index (χ4v) is 1.75. The Hall–Kier alpha value is -2.56. The van der Waals surface area contributed by atoms with Gasteiger partial charge in [-0.25, -0.2) is 4.79 Å². The average Bonchev–Trinajstić information content (AvgIpc) is 2.92. The van der Waals surface area contributed by atoms with E-state index in [0.29, 0.717) is 12.3 Å². The van der Waals surface area contributed by atoms with Crippen LogP contribution in [0.4, 0.5) is 0 Å². The van der Waals surface area contributed by atoms with Crippen molar-refractivity contribution in [1.29, 1.82) is 0 Å². The Morgan fingerprint density at radius 3 is 2.52 bits per heavy atom. The molecule has 0 bridgehead atoms. The molecular weight excluding hydrogens is 270 g/mol. The highest BCUT2D eigenvalue weighted by molar-refractivity contribution is 5.90. The Morgan fingerprint density at radius 2 is 1.90 bits per heavy atom. The van der Waals surface area contributed by atoms with Crippen molar-refractivity contribution in [2.75, 3.05) is 0 Å². The van der Waals surface area contributed by atoms with Gasteiger partial charge in [0.15, 0.2) is 6.10 Å². The van der Waals surface area contributed by atoms with Crippen molar-refractivity contribution in [3.8, 4) is 0 Å². The van der Waals surface area contributed by atoms with Gasteiger partial charge < -0.3 is 14.5 Å². The number of benzene rings is 1. The smallest absolute Gasteiger partial charge is 0.375 e. The zero-order valence-corrected chi connectivity index (χ0v) is 12.0. The summed E-state index contributed by atoms with van der Waals surface area (Å²) in [7, 11) is 0. The van der Waals surface area contributed by atoms with E-state index in [4.69, 9.17) is 9.15 Å². The molecule has 0 saturated carbocycles. The van der Waals surface area contributed by atoms with Crippen LogP contribution in [-0.4, -0.2) is 18.0 Å². The normalized spacial score (nSPS) is 11.7. The van der Waals surface area contributed by atoms with Gasteiger partial charge in [0.1, 0.15) is 5.76 Å². The minimum absolute atomic E-state index is 0.0928. The first kappa shape index (κ1) is 14.8. The van der Waals surface area contributed by atoms with Crippen LogP contribution in [0.1, 0.15) is 28.8 Å². The van der Waals surface area contributed by atoms with Crippen LogP contribution < -0.4 is 5.32 Å². The number of aryl methyl sites for hydroxylation is 1. The van der Waals surface area contributed by atoms with E-state index < -0.39 is 12.1 Å². The zero-order valence-electron chi connectivity index (χ0n) is 12.0. The average molecular weight is 287 g/mol. The number of carbonyl (C=O) groups excluding carboxylic acids is 2. The van der Waals surface area contributed by atoms with Gasteiger partial charge in [-0.3, -0.25) is 4.79 Å². The summed E-state index contributed by atoms with van der Waals surface area (Å²) < 4.78 is 10.2. The summed E-state index contributed by atoms with van der Waals surface area (Å²) in [4.78, 5) is 23.6. The Balaban J connectivity index is 1.83. The zero-order chi connectivity index (χ0) is 15.2. The van der Waals surface area contributed by atoms with Gasteiger partial charge in [-0.2, -0.15) is 0 Å². The fraction of sp³-hybridized carbons (Fsp3) is 0.250. The molecular formula is C16H17NO4. The standard InChI is InChI=1S/C16H17NO4/c1-11-8-9-14(20-11)16(19)21-12(2)15(18)17-10-13-6-4-3-5-7-13/h3-9,12H,10H2,1-2H3,(H,17,18). The molecule has 0 aliphatic rings. The minimum Gasteiger partial charge on any atom is -0.454 e. The first-order valence-corrected chi connectivity index (χ1v) is 6.65. The van der Waals surface area contributed by atoms with Gasteiger partial charge in [0.25, 0.3) is 5.91 Å². The molecule has 0 aliphatic carbocycles. The minimum atomic E-state index is -0.883. The molecule has 5 heteroatoms. The van der Waals surface area contributed by atoms with E-state index in [9.17, 15) is 9.59 Å². The van der Waals surface area contributed by atoms with E-state index >= 15 is 0 Å². The number of ether oxygens (including phenoxy) is 1. The summed E-state index contributed by atoms with van der Waals surface area (Å²) in [6, 6.07) is 12.7. The van der Waals surface area contributed by atoms with E-state index in [1.165, 1.54) is 13.0 Å². The number of hydrogen-bond acceptors (Lipinski definition) is 4. The van der Waals surface area contributed by atoms with Crippen LogP contribution >= 0.6 is 0 Å². The van der Waals surface area contributed by atoms with Crippen LogP contribution in [0.15, 0.2) is 46.9 Å². The van der Waals surface area contributed by atoms with Gasteiger partial charge >= 0.3 is 5.97 Å². The van der Waals surface area contributed by atoms with Crippen molar-refractivity contribution in [3.05, 3.63) is 59.5 Å². The van der Waals surface area contributed by atoms with E-state index in [-0.39, 0.29) is 11.7 Å². The van der Waals surface area contributed by atoms with Crippen molar-refractivity contribution in [3.63, 3.8) is 0 Å². The van der Waals surface area contributed by atoms with E-state index in [2.05, 4.69) is 5.32 Å². The molecule has 0 saturated heterocycles. The van der Waals surface area contributed by atoms with Crippen LogP contribution in [0.2, 0.25) is 0 Å². The maximum absolute atomic E-state index is 11.9. The fourth-order valence-electron chi connectivity index (χ4n) is 1.75. The van der Waals surface area contributed by atoms with Crippen LogP contribution in [0, 0.1) is 6.92 Å². The number of esters is 1. The van der Waals surface area contributed by atoms with Crippen molar-refractivity contribution in [2.24, 2.45) is 0 Å². The number of carbonyl (C=O) groups is 2. The summed E-state index contributed by atoms with van der Waals surface area (Å²) in [6.07, 6.45) is -0.883. The van der Waals surface area contributed by atoms with E-state index in [1.807, 2.05) is 30.3 Å². The van der Waals surface area contributed by atoms with E-state index in [0.717, 1.165) is 5.56 Å². The molecule has 0 fully saturated rings. The molecule has 110 valence electrons. The van der Waals surface area contributed by atoms with Gasteiger partial charge in [-0.1, -0.05) is 30.3 Å². The third-order valence-electron chi connectivity index (χ3n) is 2.90. The number of hydrogen-bond donors (Lipinski definition) is 1. The van der Waals surface area contributed by atoms with Gasteiger partial charge in [0.2, 0.25) is 5.76 Å². The lowest BCUT2D eigenvalue weighted by Gasteiger charge is -2.12. The second-order valence-electron chi connectivity index (χ2n) is 4.66. The lowest BCUT2D eigenvalue weighted by molar-refractivity contribution is -0.129. The molecule has 1 aromatic carbocycles. The molecule has 5 nitrogen and oxygen atoms in total. The molecule has 1 aromatic heterocycles. The first-order chi connectivity index (χ1) is 10.1. The Bertz CT molecular complexity index is 618. The van der Waals surface area contributed by atoms with Gasteiger partial charge in [-0.15, -0.1) is 0 Å². The SMILES string of the molecule is Cc1ccc(C(=O)OC(C)C(=O)NCc2ccccc2)o1. The van der Waals surface area contributed by atoms with Gasteiger partial charge in [0.05, 0.1) is 0 Å². The Morgan fingerprint density at radius 1 is 1.19 bits per heavy atom. The summed E-state index contributed by atoms with van der Waals surface area (Å²) in [5, 5.41) is 2.71. The first-order valence-electron chi connectivity index (χ1n) is 6.65. The highest BCUT2D eigenvalue weighted by Gasteiger charge is 2.20. The molecule has 2 rings (SSSR count). The second kappa shape index (κ2) is 6.74. The van der Waals surface area contributed by atoms with Crippen molar-refractivity contribution in [1.82, 2.24) is 5.32 Å². The van der Waals surface area contributed by atoms with Crippen molar-refractivity contribution >= 4 is 11.9 Å². The lowest BCUT2D eigenvalue weighted by Crippen LogP contribution is -2.35. The van der Waals surface area contributed by atoms with Crippen LogP contribution in [-0.2, 0) is 16.1 Å². The van der Waals surface area contributed by atoms with Crippen LogP contribution in [0.3, 0.4) is 0 Å². The predicted molar refractivity (Wildman–Crippen MR) is 76.6 cm³/mol. The maximum Gasteiger partial charge on any atom is 0.375 e. The summed E-state index contributed by atoms with van der Waals surface area (Å²) >= 11 is 0. The molecule has 1 N–H and O–H groups in total. The van der Waals surface area contributed by atoms with Crippen molar-refractivity contribution < 1.29 is 18.7 Å². The highest BCUT2D eigenvalue weighted by atomic mass is 16.6. The molecule has 1 unspecified atom stereocenters. The second-order valence-corrected chi connectivity index (χ2v) is 4.66. The highest BCUT2D eigenvalue weighted by Crippen LogP contribution is 2.09. The Labute approximate surface area is 122 Å². The third-order valence-corrected chi connectivity index (χ3v) is 2.90. The molecule has 2 aromatic rings. The topological polar surface area (TPSA) is 68.5 Å². The molecule has 1 atom stereocenters. The summed E-state index contributed by atoms with van der Waals surface area (Å²) in [5.41, 5.74) is 0.978. The molecule has 21 heavy (non-hydrogen) atoms. The number of nitrogens with one attached hydrogen (secondary N) is 1. The monoisotopic (exact) mass is 287 g/mol. The van der Waals surface area contributed by atoms with Crippen LogP contribution in [0.5, 0.6) is 0 Å². The lowest BCUT2D eigenvalue weighted by atomic mass is 10.2. The molecule has 0 spiro atoms. The summed E-state index contributed by atoms with van der Waals surface area (Å²) in [6.45, 7) is 3.64. The third kappa shape index (κ3) is 4.21. The van der Waals surface area contributed by atoms with Crippen molar-refractivity contribution in [2.45, 2.75) is 26.5 Å². The number of furan rings is 1. The molecule has 0 aliphatic heterocycles. The van der Waals surface area contributed by atoms with Gasteiger partial charge in [-0.05, 0) is 31.5 Å².